The fraction of sp³-hybridized carbons (Fsp3) is 0.333. The van der Waals surface area contributed by atoms with Crippen molar-refractivity contribution in [2.75, 3.05) is 20.8 Å². The highest BCUT2D eigenvalue weighted by molar-refractivity contribution is 6.11. The Labute approximate surface area is 218 Å². The molecule has 0 aliphatic carbocycles. The van der Waals surface area contributed by atoms with Crippen molar-refractivity contribution in [2.24, 2.45) is 0 Å². The average Bonchev–Trinajstić information content (AvgIpc) is 3.15. The average molecular weight is 507 g/mol. The van der Waals surface area contributed by atoms with Crippen LogP contribution in [-0.2, 0) is 36.6 Å². The number of hydrogen-bond donors (Lipinski definition) is 1. The minimum atomic E-state index is -1.77. The molecular formula is C30H34O7. The van der Waals surface area contributed by atoms with Crippen molar-refractivity contribution in [1.82, 2.24) is 0 Å². The van der Waals surface area contributed by atoms with Crippen molar-refractivity contribution in [3.8, 4) is 11.5 Å². The van der Waals surface area contributed by atoms with Crippen LogP contribution in [0.2, 0.25) is 0 Å². The number of ether oxygens (including phenoxy) is 4. The molecule has 1 aliphatic rings. The molecule has 0 radical (unpaired) electrons. The summed E-state index contributed by atoms with van der Waals surface area (Å²) in [4.78, 5) is 26.1. The second-order valence-electron chi connectivity index (χ2n) is 9.36. The van der Waals surface area contributed by atoms with E-state index in [4.69, 9.17) is 18.9 Å². The molecule has 196 valence electrons. The first kappa shape index (κ1) is 27.6. The summed E-state index contributed by atoms with van der Waals surface area (Å²) in [7, 11) is 2.60. The van der Waals surface area contributed by atoms with Gasteiger partial charge in [0.05, 0.1) is 19.8 Å². The summed E-state index contributed by atoms with van der Waals surface area (Å²) in [5.41, 5.74) is 2.99. The van der Waals surface area contributed by atoms with Gasteiger partial charge in [-0.15, -0.1) is 0 Å². The van der Waals surface area contributed by atoms with Gasteiger partial charge in [0.25, 0.3) is 0 Å². The van der Waals surface area contributed by atoms with Crippen molar-refractivity contribution in [3.05, 3.63) is 88.2 Å². The van der Waals surface area contributed by atoms with Gasteiger partial charge in [0, 0.05) is 6.42 Å². The molecule has 37 heavy (non-hydrogen) atoms. The monoisotopic (exact) mass is 506 g/mol. The smallest absolute Gasteiger partial charge is 0.375 e. The Kier molecular flexibility index (Phi) is 8.81. The molecular weight excluding hydrogens is 472 g/mol. The summed E-state index contributed by atoms with van der Waals surface area (Å²) in [5.74, 6) is -0.790. The number of phenols is 1. The topological polar surface area (TPSA) is 91.3 Å². The molecule has 0 amide bonds. The standard InChI is InChI=1S/C30H34O7/c1-19(2)7-9-23-17-21(8-14-25(23)36-16-15-20(3)4)18-30(29(33)35-6)26(27(34-5)28(32)37-30)22-10-12-24(31)13-11-22/h7-8,10-15,17,31H,9,16,18H2,1-6H3. The SMILES string of the molecule is COC(=O)C1(Cc2ccc(OCC=C(C)C)c(CC=C(C)C)c2)OC(=O)C(OC)=C1c1ccc(O)cc1. The zero-order chi connectivity index (χ0) is 27.2. The van der Waals surface area contributed by atoms with Crippen molar-refractivity contribution < 1.29 is 33.6 Å². The third-order valence-electron chi connectivity index (χ3n) is 6.00. The van der Waals surface area contributed by atoms with Crippen LogP contribution in [0.25, 0.3) is 5.57 Å². The van der Waals surface area contributed by atoms with E-state index >= 15 is 0 Å². The second-order valence-corrected chi connectivity index (χ2v) is 9.36. The summed E-state index contributed by atoms with van der Waals surface area (Å²) in [6.07, 6.45) is 4.76. The number of hydrogen-bond acceptors (Lipinski definition) is 7. The molecule has 2 aromatic carbocycles. The van der Waals surface area contributed by atoms with Crippen LogP contribution in [0.15, 0.2) is 71.5 Å². The second kappa shape index (κ2) is 11.8. The van der Waals surface area contributed by atoms with Crippen molar-refractivity contribution in [2.45, 2.75) is 46.1 Å². The van der Waals surface area contributed by atoms with Crippen LogP contribution in [0.4, 0.5) is 0 Å². The Balaban J connectivity index is 2.11. The first-order valence-electron chi connectivity index (χ1n) is 12.0. The lowest BCUT2D eigenvalue weighted by Gasteiger charge is -2.28. The van der Waals surface area contributed by atoms with Gasteiger partial charge in [0.2, 0.25) is 11.4 Å². The molecule has 1 aliphatic heterocycles. The van der Waals surface area contributed by atoms with Crippen molar-refractivity contribution >= 4 is 17.5 Å². The summed E-state index contributed by atoms with van der Waals surface area (Å²) in [6.45, 7) is 8.52. The molecule has 1 atom stereocenters. The van der Waals surface area contributed by atoms with Gasteiger partial charge in [-0.1, -0.05) is 41.5 Å². The lowest BCUT2D eigenvalue weighted by atomic mass is 9.83. The van der Waals surface area contributed by atoms with Crippen molar-refractivity contribution in [3.63, 3.8) is 0 Å². The van der Waals surface area contributed by atoms with Gasteiger partial charge in [-0.05, 0) is 75.1 Å². The summed E-state index contributed by atoms with van der Waals surface area (Å²) in [5, 5.41) is 9.78. The number of carbonyl (C=O) groups excluding carboxylic acids is 2. The number of esters is 2. The molecule has 0 aromatic heterocycles. The maximum atomic E-state index is 13.3. The van der Waals surface area contributed by atoms with Gasteiger partial charge in [0.15, 0.2) is 0 Å². The number of methoxy groups -OCH3 is 2. The Morgan fingerprint density at radius 1 is 1.00 bits per heavy atom. The predicted molar refractivity (Wildman–Crippen MR) is 141 cm³/mol. The molecule has 1 N–H and O–H groups in total. The Morgan fingerprint density at radius 3 is 2.27 bits per heavy atom. The largest absolute Gasteiger partial charge is 0.508 e. The van der Waals surface area contributed by atoms with Gasteiger partial charge < -0.3 is 24.1 Å². The fourth-order valence-electron chi connectivity index (χ4n) is 4.17. The van der Waals surface area contributed by atoms with Crippen molar-refractivity contribution in [1.29, 1.82) is 0 Å². The van der Waals surface area contributed by atoms with E-state index in [0.717, 1.165) is 22.4 Å². The van der Waals surface area contributed by atoms with Crippen LogP contribution in [0.5, 0.6) is 11.5 Å². The van der Waals surface area contributed by atoms with E-state index in [1.165, 1.54) is 31.9 Å². The zero-order valence-electron chi connectivity index (χ0n) is 22.2. The van der Waals surface area contributed by atoms with Crippen LogP contribution in [0, 0.1) is 0 Å². The summed E-state index contributed by atoms with van der Waals surface area (Å²) >= 11 is 0. The lowest BCUT2D eigenvalue weighted by Crippen LogP contribution is -2.44. The van der Waals surface area contributed by atoms with E-state index in [1.54, 1.807) is 12.1 Å². The van der Waals surface area contributed by atoms with Gasteiger partial charge >= 0.3 is 11.9 Å². The van der Waals surface area contributed by atoms with Gasteiger partial charge in [-0.3, -0.25) is 0 Å². The molecule has 0 bridgehead atoms. The molecule has 1 heterocycles. The number of phenolic OH excluding ortho intramolecular Hbond substituents is 1. The van der Waals surface area contributed by atoms with E-state index in [-0.39, 0.29) is 23.5 Å². The molecule has 2 aromatic rings. The molecule has 3 rings (SSSR count). The fourth-order valence-corrected chi connectivity index (χ4v) is 4.17. The number of allylic oxidation sites excluding steroid dienone is 3. The highest BCUT2D eigenvalue weighted by Crippen LogP contribution is 2.44. The summed E-state index contributed by atoms with van der Waals surface area (Å²) in [6, 6.07) is 11.8. The minimum absolute atomic E-state index is 0.0184. The predicted octanol–water partition coefficient (Wildman–Crippen LogP) is 5.31. The molecule has 7 nitrogen and oxygen atoms in total. The first-order valence-corrected chi connectivity index (χ1v) is 12.0. The van der Waals surface area contributed by atoms with Crippen LogP contribution in [-0.4, -0.2) is 43.5 Å². The van der Waals surface area contributed by atoms with Crippen LogP contribution < -0.4 is 4.74 Å². The first-order chi connectivity index (χ1) is 17.6. The van der Waals surface area contributed by atoms with E-state index in [1.807, 2.05) is 52.0 Å². The van der Waals surface area contributed by atoms with E-state index < -0.39 is 17.5 Å². The van der Waals surface area contributed by atoms with Crippen LogP contribution in [0.3, 0.4) is 0 Å². The van der Waals surface area contributed by atoms with E-state index in [2.05, 4.69) is 6.08 Å². The quantitative estimate of drug-likeness (QED) is 0.345. The van der Waals surface area contributed by atoms with Crippen LogP contribution in [0.1, 0.15) is 44.4 Å². The van der Waals surface area contributed by atoms with E-state index in [0.29, 0.717) is 18.6 Å². The minimum Gasteiger partial charge on any atom is -0.508 e. The Bertz CT molecular complexity index is 1240. The molecule has 0 spiro atoms. The van der Waals surface area contributed by atoms with Crippen LogP contribution >= 0.6 is 0 Å². The Hall–Kier alpha value is -4.00. The normalized spacial score (nSPS) is 16.6. The third kappa shape index (κ3) is 6.23. The number of cyclic esters (lactones) is 1. The summed E-state index contributed by atoms with van der Waals surface area (Å²) < 4.78 is 22.3. The lowest BCUT2D eigenvalue weighted by molar-refractivity contribution is -0.169. The van der Waals surface area contributed by atoms with Gasteiger partial charge in [-0.2, -0.15) is 0 Å². The molecule has 1 unspecified atom stereocenters. The van der Waals surface area contributed by atoms with E-state index in [9.17, 15) is 14.7 Å². The number of aromatic hydroxyl groups is 1. The van der Waals surface area contributed by atoms with Gasteiger partial charge in [0.1, 0.15) is 18.1 Å². The Morgan fingerprint density at radius 2 is 1.68 bits per heavy atom. The maximum absolute atomic E-state index is 13.3. The number of carbonyl (C=O) groups is 2. The number of rotatable bonds is 10. The third-order valence-corrected chi connectivity index (χ3v) is 6.00. The molecule has 0 saturated carbocycles. The zero-order valence-corrected chi connectivity index (χ0v) is 22.2. The van der Waals surface area contributed by atoms with Gasteiger partial charge in [-0.25, -0.2) is 9.59 Å². The maximum Gasteiger partial charge on any atom is 0.375 e. The highest BCUT2D eigenvalue weighted by Gasteiger charge is 2.56. The highest BCUT2D eigenvalue weighted by atomic mass is 16.6. The molecule has 0 saturated heterocycles. The molecule has 0 fully saturated rings. The molecule has 7 heteroatoms. The number of benzene rings is 2.